The Morgan fingerprint density at radius 2 is 2.35 bits per heavy atom. The predicted molar refractivity (Wildman–Crippen MR) is 69.1 cm³/mol. The van der Waals surface area contributed by atoms with Crippen LogP contribution in [0.5, 0.6) is 0 Å². The van der Waals surface area contributed by atoms with Crippen LogP contribution in [0.15, 0.2) is 11.3 Å². The lowest BCUT2D eigenvalue weighted by Crippen LogP contribution is -2.15. The lowest BCUT2D eigenvalue weighted by molar-refractivity contribution is -0.516. The average molecular weight is 254 g/mol. The number of anilines is 2. The molecule has 0 bridgehead atoms. The van der Waals surface area contributed by atoms with Crippen LogP contribution in [0.2, 0.25) is 5.15 Å². The van der Waals surface area contributed by atoms with E-state index < -0.39 is 0 Å². The van der Waals surface area contributed by atoms with Gasteiger partial charge in [0, 0.05) is 13.0 Å². The van der Waals surface area contributed by atoms with Crippen LogP contribution < -0.4 is 11.1 Å². The minimum Gasteiger partial charge on any atom is -0.393 e. The number of nitrogens with one attached hydrogen (secondary N) is 1. The molecule has 0 saturated carbocycles. The number of halogens is 1. The van der Waals surface area contributed by atoms with Gasteiger partial charge in [-0.05, 0) is 0 Å². The first-order valence-electron chi connectivity index (χ1n) is 5.34. The maximum atomic E-state index is 5.78. The van der Waals surface area contributed by atoms with Gasteiger partial charge in [-0.1, -0.05) is 11.6 Å². The summed E-state index contributed by atoms with van der Waals surface area (Å²) in [6.07, 6.45) is 6.16. The number of nitrogens with zero attached hydrogens (tertiary/aromatic N) is 4. The molecule has 1 aromatic heterocycles. The van der Waals surface area contributed by atoms with E-state index in [2.05, 4.69) is 24.9 Å². The fourth-order valence-electron chi connectivity index (χ4n) is 1.49. The third-order valence-corrected chi connectivity index (χ3v) is 2.70. The van der Waals surface area contributed by atoms with Crippen LogP contribution in [0.1, 0.15) is 6.42 Å². The van der Waals surface area contributed by atoms with Crippen molar-refractivity contribution < 1.29 is 4.58 Å². The minimum absolute atomic E-state index is 0.281. The molecule has 2 rings (SSSR count). The Morgan fingerprint density at radius 3 is 3.12 bits per heavy atom. The topological polar surface area (TPSA) is 79.2 Å². The second kappa shape index (κ2) is 5.58. The first kappa shape index (κ1) is 11.8. The zero-order chi connectivity index (χ0) is 12.1. The van der Waals surface area contributed by atoms with Crippen molar-refractivity contribution in [2.24, 2.45) is 4.99 Å². The first-order valence-corrected chi connectivity index (χ1v) is 5.72. The quantitative estimate of drug-likeness (QED) is 0.459. The molecule has 1 aliphatic heterocycles. The number of hydrogen-bond acceptors (Lipinski definition) is 5. The first-order chi connectivity index (χ1) is 8.27. The van der Waals surface area contributed by atoms with Crippen LogP contribution in [0.4, 0.5) is 11.5 Å². The summed E-state index contributed by atoms with van der Waals surface area (Å²) < 4.78 is 2.14. The van der Waals surface area contributed by atoms with E-state index in [0.29, 0.717) is 11.5 Å². The maximum absolute atomic E-state index is 5.78. The molecule has 6 nitrogen and oxygen atoms in total. The third-order valence-electron chi connectivity index (χ3n) is 2.40. The van der Waals surface area contributed by atoms with Crippen LogP contribution in [0, 0.1) is 0 Å². The molecule has 0 saturated heterocycles. The Morgan fingerprint density at radius 1 is 1.47 bits per heavy atom. The van der Waals surface area contributed by atoms with Crippen molar-refractivity contribution in [2.45, 2.75) is 6.42 Å². The number of nitrogens with two attached hydrogens (primary N) is 1. The summed E-state index contributed by atoms with van der Waals surface area (Å²) >= 11 is 5.78. The van der Waals surface area contributed by atoms with Crippen molar-refractivity contribution in [3.8, 4) is 0 Å². The van der Waals surface area contributed by atoms with Crippen molar-refractivity contribution in [3.05, 3.63) is 11.5 Å². The Bertz CT molecular complexity index is 456. The maximum Gasteiger partial charge on any atom is 0.235 e. The fourth-order valence-corrected chi connectivity index (χ4v) is 1.62. The molecule has 0 amide bonds. The molecule has 0 unspecified atom stereocenters. The van der Waals surface area contributed by atoms with E-state index in [1.165, 1.54) is 6.33 Å². The average Bonchev–Trinajstić information content (AvgIpc) is 2.83. The molecule has 2 heterocycles. The van der Waals surface area contributed by atoms with Crippen LogP contribution >= 0.6 is 11.6 Å². The molecule has 17 heavy (non-hydrogen) atoms. The second-order valence-corrected chi connectivity index (χ2v) is 4.00. The van der Waals surface area contributed by atoms with E-state index in [-0.39, 0.29) is 5.15 Å². The Kier molecular flexibility index (Phi) is 3.87. The van der Waals surface area contributed by atoms with E-state index in [1.807, 2.05) is 12.4 Å². The number of aliphatic imine (C=N–C) groups is 1. The summed E-state index contributed by atoms with van der Waals surface area (Å²) in [7, 11) is 0. The van der Waals surface area contributed by atoms with Crippen LogP contribution in [0.3, 0.4) is 0 Å². The summed E-state index contributed by atoms with van der Waals surface area (Å²) in [5.74, 6) is 0.589. The summed E-state index contributed by atoms with van der Waals surface area (Å²) in [6, 6.07) is 0. The Balaban J connectivity index is 1.76. The van der Waals surface area contributed by atoms with E-state index in [4.69, 9.17) is 17.3 Å². The fraction of sp³-hybridized carbons (Fsp3) is 0.400. The zero-order valence-corrected chi connectivity index (χ0v) is 10.1. The summed E-state index contributed by atoms with van der Waals surface area (Å²) in [5.41, 5.74) is 6.12. The standard InChI is InChI=1S/C10H13ClN6/c11-9-8(12)10(16-6-15-9)14-2-1-4-17-5-3-13-7-17/h3,5-6,12-13H,1-2,4,7H2/p+1. The van der Waals surface area contributed by atoms with E-state index >= 15 is 0 Å². The van der Waals surface area contributed by atoms with Crippen molar-refractivity contribution in [1.29, 1.82) is 0 Å². The SMILES string of the molecule is Nc1c(Cl)ncnc1NCCC[N+]1=CC=NC1. The van der Waals surface area contributed by atoms with Crippen LogP contribution in [0.25, 0.3) is 0 Å². The van der Waals surface area contributed by atoms with Crippen molar-refractivity contribution >= 4 is 35.5 Å². The molecule has 0 spiro atoms. The molecule has 1 aliphatic rings. The smallest absolute Gasteiger partial charge is 0.235 e. The zero-order valence-electron chi connectivity index (χ0n) is 9.30. The lowest BCUT2D eigenvalue weighted by Gasteiger charge is -2.07. The van der Waals surface area contributed by atoms with Gasteiger partial charge in [0.15, 0.2) is 17.2 Å². The van der Waals surface area contributed by atoms with Gasteiger partial charge in [0.25, 0.3) is 0 Å². The van der Waals surface area contributed by atoms with E-state index in [1.54, 1.807) is 0 Å². The second-order valence-electron chi connectivity index (χ2n) is 3.64. The van der Waals surface area contributed by atoms with Gasteiger partial charge in [0.2, 0.25) is 6.67 Å². The Labute approximate surface area is 104 Å². The molecule has 0 fully saturated rings. The number of rotatable bonds is 5. The van der Waals surface area contributed by atoms with Crippen LogP contribution in [-0.4, -0.2) is 46.7 Å². The Hall–Kier alpha value is -1.69. The molecule has 1 aromatic rings. The lowest BCUT2D eigenvalue weighted by atomic mass is 10.4. The highest BCUT2D eigenvalue weighted by molar-refractivity contribution is 6.32. The minimum atomic E-state index is 0.281. The molecule has 0 aliphatic carbocycles. The van der Waals surface area contributed by atoms with Crippen LogP contribution in [-0.2, 0) is 0 Å². The van der Waals surface area contributed by atoms with Gasteiger partial charge in [-0.25, -0.2) is 19.5 Å². The van der Waals surface area contributed by atoms with Gasteiger partial charge in [0.1, 0.15) is 18.6 Å². The number of nitrogen functional groups attached to an aromatic ring is 1. The number of aromatic nitrogens is 2. The van der Waals surface area contributed by atoms with Gasteiger partial charge in [-0.3, -0.25) is 0 Å². The highest BCUT2D eigenvalue weighted by Crippen LogP contribution is 2.21. The molecule has 90 valence electrons. The van der Waals surface area contributed by atoms with Gasteiger partial charge in [0.05, 0.1) is 6.21 Å². The molecule has 3 N–H and O–H groups in total. The van der Waals surface area contributed by atoms with Gasteiger partial charge < -0.3 is 11.1 Å². The van der Waals surface area contributed by atoms with Crippen molar-refractivity contribution in [3.63, 3.8) is 0 Å². The van der Waals surface area contributed by atoms with Crippen molar-refractivity contribution in [1.82, 2.24) is 9.97 Å². The molecule has 0 atom stereocenters. The van der Waals surface area contributed by atoms with E-state index in [0.717, 1.165) is 26.2 Å². The highest BCUT2D eigenvalue weighted by Gasteiger charge is 2.07. The summed E-state index contributed by atoms with van der Waals surface area (Å²) in [6.45, 7) is 2.48. The molecule has 7 heteroatoms. The molecule has 0 aromatic carbocycles. The predicted octanol–water partition coefficient (Wildman–Crippen LogP) is 0.639. The largest absolute Gasteiger partial charge is 0.393 e. The monoisotopic (exact) mass is 253 g/mol. The van der Waals surface area contributed by atoms with Gasteiger partial charge in [-0.15, -0.1) is 0 Å². The van der Waals surface area contributed by atoms with E-state index in [9.17, 15) is 0 Å². The molecular weight excluding hydrogens is 240 g/mol. The van der Waals surface area contributed by atoms with Crippen molar-refractivity contribution in [2.75, 3.05) is 30.8 Å². The highest BCUT2D eigenvalue weighted by atomic mass is 35.5. The van der Waals surface area contributed by atoms with Gasteiger partial charge >= 0.3 is 0 Å². The molecular formula is C10H14ClN6+. The normalized spacial score (nSPS) is 13.8. The number of hydrogen-bond donors (Lipinski definition) is 2. The van der Waals surface area contributed by atoms with Gasteiger partial charge in [-0.2, -0.15) is 0 Å². The summed E-state index contributed by atoms with van der Waals surface area (Å²) in [5, 5.41) is 3.42. The molecule has 0 radical (unpaired) electrons. The summed E-state index contributed by atoms with van der Waals surface area (Å²) in [4.78, 5) is 11.9. The third kappa shape index (κ3) is 3.13.